The van der Waals surface area contributed by atoms with E-state index >= 15 is 0 Å². The van der Waals surface area contributed by atoms with Gasteiger partial charge < -0.3 is 26.3 Å². The van der Waals surface area contributed by atoms with Crippen molar-refractivity contribution in [1.82, 2.24) is 15.2 Å². The fourth-order valence-electron chi connectivity index (χ4n) is 6.16. The second kappa shape index (κ2) is 11.0. The van der Waals surface area contributed by atoms with Crippen molar-refractivity contribution in [2.75, 3.05) is 18.4 Å². The number of benzene rings is 2. The second-order valence-corrected chi connectivity index (χ2v) is 10.9. The highest BCUT2D eigenvalue weighted by atomic mass is 16.2. The van der Waals surface area contributed by atoms with E-state index in [-0.39, 0.29) is 23.9 Å². The van der Waals surface area contributed by atoms with E-state index in [1.165, 1.54) is 22.0 Å². The summed E-state index contributed by atoms with van der Waals surface area (Å²) in [6.45, 7) is 5.35. The van der Waals surface area contributed by atoms with E-state index in [0.29, 0.717) is 25.0 Å². The maximum absolute atomic E-state index is 12.8. The number of aromatic amines is 1. The van der Waals surface area contributed by atoms with Gasteiger partial charge in [-0.1, -0.05) is 24.3 Å². The number of fused-ring (bicyclic) bond motifs is 1. The highest BCUT2D eigenvalue weighted by Crippen LogP contribution is 2.37. The maximum Gasteiger partial charge on any atom is 0.321 e. The van der Waals surface area contributed by atoms with Gasteiger partial charge in [-0.15, -0.1) is 0 Å². The summed E-state index contributed by atoms with van der Waals surface area (Å²) < 4.78 is 0. The van der Waals surface area contributed by atoms with Crippen LogP contribution in [-0.4, -0.2) is 47.0 Å². The molecule has 7 heteroatoms. The number of carbonyl (C=O) groups excluding carboxylic acids is 2. The minimum absolute atomic E-state index is 0.0825. The number of carbonyl (C=O) groups is 2. The first kappa shape index (κ1) is 25.3. The molecule has 1 aliphatic carbocycles. The molecule has 1 saturated heterocycles. The van der Waals surface area contributed by atoms with Crippen LogP contribution >= 0.6 is 0 Å². The molecule has 0 spiro atoms. The van der Waals surface area contributed by atoms with Gasteiger partial charge in [0.15, 0.2) is 0 Å². The Morgan fingerprint density at radius 3 is 2.41 bits per heavy atom. The molecule has 1 saturated carbocycles. The predicted molar refractivity (Wildman–Crippen MR) is 149 cm³/mol. The van der Waals surface area contributed by atoms with Crippen molar-refractivity contribution < 1.29 is 9.59 Å². The molecule has 1 atom stereocenters. The molecule has 3 amide bonds. The summed E-state index contributed by atoms with van der Waals surface area (Å²) in [5.74, 6) is 0.409. The topological polar surface area (TPSA) is 103 Å². The number of likely N-dealkylation sites (tertiary alicyclic amines) is 1. The van der Waals surface area contributed by atoms with E-state index in [2.05, 4.69) is 53.0 Å². The first-order valence-corrected chi connectivity index (χ1v) is 13.6. The number of aromatic nitrogens is 1. The van der Waals surface area contributed by atoms with Crippen LogP contribution in [0.4, 0.5) is 10.5 Å². The number of piperidine rings is 1. The SMILES string of the molecule is Cc1ccc(NC(=O)N2CCC(C(NC3CCC(c4c[nH]c5ccccc45)CC3)C(N)=O)CC2)cc1C. The van der Waals surface area contributed by atoms with Crippen molar-refractivity contribution in [3.63, 3.8) is 0 Å². The van der Waals surface area contributed by atoms with Crippen molar-refractivity contribution in [1.29, 1.82) is 0 Å². The van der Waals surface area contributed by atoms with Gasteiger partial charge in [0.2, 0.25) is 5.91 Å². The Labute approximate surface area is 219 Å². The summed E-state index contributed by atoms with van der Waals surface area (Å²) >= 11 is 0. The van der Waals surface area contributed by atoms with E-state index in [1.54, 1.807) is 0 Å². The second-order valence-electron chi connectivity index (χ2n) is 10.9. The number of H-pyrrole nitrogens is 1. The standard InChI is InChI=1S/C30H39N5O2/c1-19-7-10-24(17-20(19)2)34-30(37)35-15-13-22(14-16-35)28(29(31)36)33-23-11-8-21(9-12-23)26-18-32-27-6-4-3-5-25(26)27/h3-7,10,17-18,21-23,28,32-33H,8-9,11-16H2,1-2H3,(H2,31,36)(H,34,37). The number of rotatable bonds is 6. The van der Waals surface area contributed by atoms with Crippen molar-refractivity contribution in [2.24, 2.45) is 11.7 Å². The first-order chi connectivity index (χ1) is 17.9. The molecule has 37 heavy (non-hydrogen) atoms. The fraction of sp³-hybridized carbons (Fsp3) is 0.467. The number of anilines is 1. The van der Waals surface area contributed by atoms with E-state index in [9.17, 15) is 9.59 Å². The van der Waals surface area contributed by atoms with Gasteiger partial charge >= 0.3 is 6.03 Å². The minimum Gasteiger partial charge on any atom is -0.368 e. The number of aryl methyl sites for hydroxylation is 2. The average Bonchev–Trinajstić information content (AvgIpc) is 3.34. The Morgan fingerprint density at radius 1 is 0.973 bits per heavy atom. The van der Waals surface area contributed by atoms with Gasteiger partial charge in [0.05, 0.1) is 6.04 Å². The molecule has 7 nitrogen and oxygen atoms in total. The summed E-state index contributed by atoms with van der Waals surface area (Å²) in [6, 6.07) is 14.3. The van der Waals surface area contributed by atoms with Gasteiger partial charge in [0.25, 0.3) is 0 Å². The van der Waals surface area contributed by atoms with Gasteiger partial charge in [0.1, 0.15) is 0 Å². The molecular formula is C30H39N5O2. The summed E-state index contributed by atoms with van der Waals surface area (Å²) in [7, 11) is 0. The van der Waals surface area contributed by atoms with Crippen molar-refractivity contribution >= 4 is 28.5 Å². The van der Waals surface area contributed by atoms with Crippen LogP contribution in [0.1, 0.15) is 61.1 Å². The fourth-order valence-corrected chi connectivity index (χ4v) is 6.16. The zero-order chi connectivity index (χ0) is 25.9. The largest absolute Gasteiger partial charge is 0.368 e. The Morgan fingerprint density at radius 2 is 1.70 bits per heavy atom. The van der Waals surface area contributed by atoms with E-state index in [1.807, 2.05) is 30.0 Å². The summed E-state index contributed by atoms with van der Waals surface area (Å²) in [5, 5.41) is 7.96. The predicted octanol–water partition coefficient (Wildman–Crippen LogP) is 5.20. The summed E-state index contributed by atoms with van der Waals surface area (Å²) in [6.07, 6.45) is 7.97. The molecule has 5 rings (SSSR count). The van der Waals surface area contributed by atoms with Crippen LogP contribution in [0.2, 0.25) is 0 Å². The normalized spacial score (nSPS) is 21.6. The number of primary amides is 1. The molecule has 0 radical (unpaired) electrons. The number of urea groups is 1. The molecule has 2 aromatic carbocycles. The quantitative estimate of drug-likeness (QED) is 0.373. The zero-order valence-corrected chi connectivity index (χ0v) is 21.9. The van der Waals surface area contributed by atoms with Crippen LogP contribution in [0, 0.1) is 19.8 Å². The molecule has 1 aromatic heterocycles. The third-order valence-corrected chi connectivity index (χ3v) is 8.57. The third kappa shape index (κ3) is 5.67. The molecule has 2 fully saturated rings. The Hall–Kier alpha value is -3.32. The zero-order valence-electron chi connectivity index (χ0n) is 21.9. The lowest BCUT2D eigenvalue weighted by Gasteiger charge is -2.38. The van der Waals surface area contributed by atoms with Crippen LogP contribution in [0.5, 0.6) is 0 Å². The number of hydrogen-bond acceptors (Lipinski definition) is 3. The molecule has 0 bridgehead atoms. The number of para-hydroxylation sites is 1. The lowest BCUT2D eigenvalue weighted by molar-refractivity contribution is -0.122. The average molecular weight is 502 g/mol. The Kier molecular flexibility index (Phi) is 7.51. The maximum atomic E-state index is 12.8. The molecule has 2 heterocycles. The number of nitrogens with one attached hydrogen (secondary N) is 3. The monoisotopic (exact) mass is 501 g/mol. The Balaban J connectivity index is 1.12. The number of hydrogen-bond donors (Lipinski definition) is 4. The Bertz CT molecular complexity index is 1250. The molecule has 1 unspecified atom stereocenters. The smallest absolute Gasteiger partial charge is 0.321 e. The molecule has 1 aliphatic heterocycles. The van der Waals surface area contributed by atoms with E-state index in [0.717, 1.165) is 49.8 Å². The number of nitrogens with zero attached hydrogens (tertiary/aromatic N) is 1. The molecule has 5 N–H and O–H groups in total. The molecular weight excluding hydrogens is 462 g/mol. The van der Waals surface area contributed by atoms with Gasteiger partial charge in [0, 0.05) is 41.9 Å². The van der Waals surface area contributed by atoms with Crippen molar-refractivity contribution in [3.05, 3.63) is 65.4 Å². The van der Waals surface area contributed by atoms with Crippen molar-refractivity contribution in [2.45, 2.75) is 70.4 Å². The summed E-state index contributed by atoms with van der Waals surface area (Å²) in [5.41, 5.74) is 11.7. The van der Waals surface area contributed by atoms with Crippen LogP contribution in [0.15, 0.2) is 48.7 Å². The van der Waals surface area contributed by atoms with Gasteiger partial charge in [-0.25, -0.2) is 4.79 Å². The van der Waals surface area contributed by atoms with Gasteiger partial charge in [-0.05, 0) is 99.1 Å². The van der Waals surface area contributed by atoms with Gasteiger partial charge in [-0.3, -0.25) is 4.79 Å². The molecule has 3 aromatic rings. The van der Waals surface area contributed by atoms with E-state index in [4.69, 9.17) is 5.73 Å². The highest BCUT2D eigenvalue weighted by Gasteiger charge is 2.34. The number of amides is 3. The third-order valence-electron chi connectivity index (χ3n) is 8.57. The summed E-state index contributed by atoms with van der Waals surface area (Å²) in [4.78, 5) is 30.5. The van der Waals surface area contributed by atoms with E-state index < -0.39 is 0 Å². The molecule has 2 aliphatic rings. The van der Waals surface area contributed by atoms with Crippen LogP contribution < -0.4 is 16.4 Å². The molecule has 196 valence electrons. The lowest BCUT2D eigenvalue weighted by atomic mass is 9.80. The number of nitrogens with two attached hydrogens (primary N) is 1. The minimum atomic E-state index is -0.348. The van der Waals surface area contributed by atoms with Crippen LogP contribution in [0.3, 0.4) is 0 Å². The highest BCUT2D eigenvalue weighted by molar-refractivity contribution is 5.89. The van der Waals surface area contributed by atoms with Crippen molar-refractivity contribution in [3.8, 4) is 0 Å². The first-order valence-electron chi connectivity index (χ1n) is 13.6. The lowest BCUT2D eigenvalue weighted by Crippen LogP contribution is -2.54. The van der Waals surface area contributed by atoms with Gasteiger partial charge in [-0.2, -0.15) is 0 Å². The van der Waals surface area contributed by atoms with Crippen LogP contribution in [0.25, 0.3) is 10.9 Å². The van der Waals surface area contributed by atoms with Crippen LogP contribution in [-0.2, 0) is 4.79 Å².